The van der Waals surface area contributed by atoms with Gasteiger partial charge in [0.1, 0.15) is 11.7 Å². The number of rotatable bonds is 2. The lowest BCUT2D eigenvalue weighted by molar-refractivity contribution is -0.121. The monoisotopic (exact) mass is 284 g/mol. The summed E-state index contributed by atoms with van der Waals surface area (Å²) >= 11 is 5.69. The van der Waals surface area contributed by atoms with E-state index >= 15 is 0 Å². The number of halogens is 1. The molecule has 1 aliphatic heterocycles. The molecule has 7 nitrogen and oxygen atoms in total. The summed E-state index contributed by atoms with van der Waals surface area (Å²) in [4.78, 5) is 32.5. The van der Waals surface area contributed by atoms with Gasteiger partial charge in [-0.3, -0.25) is 9.59 Å². The third kappa shape index (κ3) is 2.82. The molecule has 102 valence electrons. The number of carbonyl (C=O) groups is 2. The Balaban J connectivity index is 2.30. The minimum atomic E-state index is -0.823. The highest BCUT2D eigenvalue weighted by Crippen LogP contribution is 2.20. The average molecular weight is 285 g/mol. The van der Waals surface area contributed by atoms with E-state index in [-0.39, 0.29) is 23.9 Å². The van der Waals surface area contributed by atoms with Gasteiger partial charge in [0.15, 0.2) is 0 Å². The van der Waals surface area contributed by atoms with E-state index in [0.717, 1.165) is 0 Å². The Morgan fingerprint density at radius 3 is 2.79 bits per heavy atom. The molecule has 0 aliphatic carbocycles. The van der Waals surface area contributed by atoms with Crippen LogP contribution in [0.15, 0.2) is 6.07 Å². The van der Waals surface area contributed by atoms with Crippen molar-refractivity contribution in [1.29, 1.82) is 0 Å². The van der Waals surface area contributed by atoms with Crippen LogP contribution in [0.25, 0.3) is 0 Å². The third-order valence-corrected chi connectivity index (χ3v) is 3.08. The van der Waals surface area contributed by atoms with Crippen molar-refractivity contribution in [1.82, 2.24) is 14.9 Å². The zero-order valence-corrected chi connectivity index (χ0v) is 11.0. The molecular weight excluding hydrogens is 272 g/mol. The van der Waals surface area contributed by atoms with Gasteiger partial charge in [0.25, 0.3) is 5.91 Å². The summed E-state index contributed by atoms with van der Waals surface area (Å²) in [5.41, 5.74) is 5.85. The Morgan fingerprint density at radius 2 is 2.21 bits per heavy atom. The molecule has 2 heterocycles. The fraction of sp³-hybridized carbons (Fsp3) is 0.455. The average Bonchev–Trinajstić information content (AvgIpc) is 2.69. The highest BCUT2D eigenvalue weighted by molar-refractivity contribution is 6.28. The molecule has 1 saturated heterocycles. The lowest BCUT2D eigenvalue weighted by Crippen LogP contribution is -2.44. The number of nitrogens with two attached hydrogens (primary N) is 1. The second-order valence-electron chi connectivity index (χ2n) is 4.43. The van der Waals surface area contributed by atoms with Gasteiger partial charge in [-0.25, -0.2) is 9.97 Å². The summed E-state index contributed by atoms with van der Waals surface area (Å²) in [7, 11) is 0. The van der Waals surface area contributed by atoms with E-state index in [4.69, 9.17) is 17.3 Å². The fourth-order valence-corrected chi connectivity index (χ4v) is 2.32. The molecule has 19 heavy (non-hydrogen) atoms. The minimum Gasteiger partial charge on any atom is -0.391 e. The minimum absolute atomic E-state index is 0.0429. The Labute approximate surface area is 114 Å². The number of hydrogen-bond acceptors (Lipinski definition) is 5. The van der Waals surface area contributed by atoms with Crippen LogP contribution in [-0.4, -0.2) is 50.5 Å². The molecule has 3 N–H and O–H groups in total. The molecule has 0 saturated carbocycles. The van der Waals surface area contributed by atoms with E-state index in [2.05, 4.69) is 9.97 Å². The van der Waals surface area contributed by atoms with Crippen molar-refractivity contribution in [3.05, 3.63) is 22.7 Å². The number of primary amides is 1. The first-order valence-electron chi connectivity index (χ1n) is 5.68. The molecular formula is C11H13ClN4O3. The van der Waals surface area contributed by atoms with Gasteiger partial charge in [-0.1, -0.05) is 0 Å². The van der Waals surface area contributed by atoms with Crippen LogP contribution in [0.3, 0.4) is 0 Å². The predicted octanol–water partition coefficient (Wildman–Crippen LogP) is -0.501. The first-order valence-corrected chi connectivity index (χ1v) is 6.06. The second kappa shape index (κ2) is 5.10. The van der Waals surface area contributed by atoms with E-state index in [0.29, 0.717) is 5.69 Å². The van der Waals surface area contributed by atoms with E-state index in [9.17, 15) is 14.7 Å². The molecule has 2 amide bonds. The van der Waals surface area contributed by atoms with Gasteiger partial charge < -0.3 is 15.7 Å². The first-order chi connectivity index (χ1) is 8.88. The van der Waals surface area contributed by atoms with Crippen LogP contribution in [0.5, 0.6) is 0 Å². The number of β-amino-alcohol motifs (C(OH)–C–C–N with tert-alkyl or cyclic N) is 1. The number of aromatic nitrogens is 2. The molecule has 2 rings (SSSR count). The maximum Gasteiger partial charge on any atom is 0.273 e. The topological polar surface area (TPSA) is 109 Å². The maximum atomic E-state index is 12.3. The van der Waals surface area contributed by atoms with Crippen LogP contribution in [0.2, 0.25) is 5.28 Å². The zero-order valence-electron chi connectivity index (χ0n) is 10.2. The van der Waals surface area contributed by atoms with Crippen molar-refractivity contribution in [3.8, 4) is 0 Å². The highest BCUT2D eigenvalue weighted by atomic mass is 35.5. The van der Waals surface area contributed by atoms with Crippen LogP contribution in [-0.2, 0) is 4.79 Å². The number of aliphatic hydroxyl groups is 1. The molecule has 1 aromatic heterocycles. The SMILES string of the molecule is Cc1cc(C(=O)N2CC(O)CC2C(N)=O)nc(Cl)n1. The largest absolute Gasteiger partial charge is 0.391 e. The standard InChI is InChI=1S/C11H13ClN4O3/c1-5-2-7(15-11(12)14-5)10(19)16-4-6(17)3-8(16)9(13)18/h2,6,8,17H,3-4H2,1H3,(H2,13,18). The van der Waals surface area contributed by atoms with Crippen LogP contribution < -0.4 is 5.73 Å². The molecule has 2 unspecified atom stereocenters. The van der Waals surface area contributed by atoms with Crippen LogP contribution in [0.1, 0.15) is 22.6 Å². The van der Waals surface area contributed by atoms with Crippen LogP contribution in [0.4, 0.5) is 0 Å². The maximum absolute atomic E-state index is 12.3. The number of hydrogen-bond donors (Lipinski definition) is 2. The third-order valence-electron chi connectivity index (χ3n) is 2.91. The van der Waals surface area contributed by atoms with E-state index < -0.39 is 24.0 Å². The van der Waals surface area contributed by atoms with Crippen molar-refractivity contribution in [2.24, 2.45) is 5.73 Å². The summed E-state index contributed by atoms with van der Waals surface area (Å²) in [6.45, 7) is 1.72. The van der Waals surface area contributed by atoms with E-state index in [1.165, 1.54) is 11.0 Å². The first kappa shape index (κ1) is 13.7. The Morgan fingerprint density at radius 1 is 1.53 bits per heavy atom. The van der Waals surface area contributed by atoms with Gasteiger partial charge in [0, 0.05) is 18.7 Å². The molecule has 8 heteroatoms. The molecule has 2 atom stereocenters. The van der Waals surface area contributed by atoms with Gasteiger partial charge in [-0.2, -0.15) is 0 Å². The summed E-state index contributed by atoms with van der Waals surface area (Å²) in [6, 6.07) is 0.647. The lowest BCUT2D eigenvalue weighted by Gasteiger charge is -2.21. The van der Waals surface area contributed by atoms with Crippen molar-refractivity contribution < 1.29 is 14.7 Å². The van der Waals surface area contributed by atoms with Crippen molar-refractivity contribution >= 4 is 23.4 Å². The number of aryl methyl sites for hydroxylation is 1. The molecule has 1 aromatic rings. The Kier molecular flexibility index (Phi) is 3.68. The second-order valence-corrected chi connectivity index (χ2v) is 4.77. The normalized spacial score (nSPS) is 22.6. The van der Waals surface area contributed by atoms with Gasteiger partial charge >= 0.3 is 0 Å². The van der Waals surface area contributed by atoms with Crippen LogP contribution in [0, 0.1) is 6.92 Å². The lowest BCUT2D eigenvalue weighted by atomic mass is 10.2. The number of likely N-dealkylation sites (tertiary alicyclic amines) is 1. The summed E-state index contributed by atoms with van der Waals surface area (Å²) < 4.78 is 0. The molecule has 1 fully saturated rings. The Hall–Kier alpha value is -1.73. The van der Waals surface area contributed by atoms with E-state index in [1.54, 1.807) is 6.92 Å². The molecule has 0 bridgehead atoms. The molecule has 1 aliphatic rings. The quantitative estimate of drug-likeness (QED) is 0.712. The number of nitrogens with zero attached hydrogens (tertiary/aromatic N) is 3. The highest BCUT2D eigenvalue weighted by Gasteiger charge is 2.38. The van der Waals surface area contributed by atoms with Gasteiger partial charge in [-0.15, -0.1) is 0 Å². The zero-order chi connectivity index (χ0) is 14.2. The number of aliphatic hydroxyl groups excluding tert-OH is 1. The summed E-state index contributed by atoms with van der Waals surface area (Å²) in [6.07, 6.45) is -0.626. The van der Waals surface area contributed by atoms with Crippen LogP contribution >= 0.6 is 11.6 Å². The predicted molar refractivity (Wildman–Crippen MR) is 66.4 cm³/mol. The smallest absolute Gasteiger partial charge is 0.273 e. The van der Waals surface area contributed by atoms with Gasteiger partial charge in [0.05, 0.1) is 6.10 Å². The number of carbonyl (C=O) groups excluding carboxylic acids is 2. The molecule has 0 aromatic carbocycles. The fourth-order valence-electron chi connectivity index (χ4n) is 2.10. The molecule has 0 spiro atoms. The number of amides is 2. The summed E-state index contributed by atoms with van der Waals surface area (Å²) in [5.74, 6) is -1.14. The van der Waals surface area contributed by atoms with Gasteiger partial charge in [-0.05, 0) is 24.6 Å². The van der Waals surface area contributed by atoms with Crippen molar-refractivity contribution in [2.45, 2.75) is 25.5 Å². The Bertz CT molecular complexity index is 516. The molecule has 0 radical (unpaired) electrons. The van der Waals surface area contributed by atoms with Crippen molar-refractivity contribution in [2.75, 3.05) is 6.54 Å². The van der Waals surface area contributed by atoms with Crippen molar-refractivity contribution in [3.63, 3.8) is 0 Å². The van der Waals surface area contributed by atoms with Gasteiger partial charge in [0.2, 0.25) is 11.2 Å². The van der Waals surface area contributed by atoms with E-state index in [1.807, 2.05) is 0 Å². The summed E-state index contributed by atoms with van der Waals surface area (Å²) in [5, 5.41) is 9.52.